The van der Waals surface area contributed by atoms with E-state index in [-0.39, 0.29) is 5.69 Å². The highest BCUT2D eigenvalue weighted by Gasteiger charge is 2.13. The predicted octanol–water partition coefficient (Wildman–Crippen LogP) is 3.55. The molecule has 4 aromatic rings. The normalized spacial score (nSPS) is 10.8. The first-order chi connectivity index (χ1) is 11.7. The number of nitro benzene ring substituents is 1. The zero-order chi connectivity index (χ0) is 16.5. The molecule has 0 N–H and O–H groups in total. The number of fused-ring (bicyclic) bond motifs is 1. The Morgan fingerprint density at radius 3 is 2.92 bits per heavy atom. The molecule has 0 atom stereocenters. The van der Waals surface area contributed by atoms with Crippen molar-refractivity contribution in [1.29, 1.82) is 0 Å². The molecule has 3 heterocycles. The van der Waals surface area contributed by atoms with Gasteiger partial charge in [-0.05, 0) is 29.5 Å². The minimum absolute atomic E-state index is 0.0345. The average molecular weight is 339 g/mol. The molecule has 118 valence electrons. The predicted molar refractivity (Wildman–Crippen MR) is 87.3 cm³/mol. The van der Waals surface area contributed by atoms with Crippen molar-refractivity contribution < 1.29 is 9.66 Å². The number of hydrogen-bond donors (Lipinski definition) is 0. The minimum atomic E-state index is -0.471. The molecule has 0 saturated heterocycles. The molecule has 0 radical (unpaired) electrons. The summed E-state index contributed by atoms with van der Waals surface area (Å²) in [7, 11) is 0. The molecule has 8 nitrogen and oxygen atoms in total. The van der Waals surface area contributed by atoms with Gasteiger partial charge < -0.3 is 4.74 Å². The summed E-state index contributed by atoms with van der Waals surface area (Å²) < 4.78 is 7.20. The monoisotopic (exact) mass is 339 g/mol. The van der Waals surface area contributed by atoms with Gasteiger partial charge in [0.05, 0.1) is 22.9 Å². The van der Waals surface area contributed by atoms with Crippen molar-refractivity contribution in [2.45, 2.75) is 0 Å². The molecule has 0 fully saturated rings. The summed E-state index contributed by atoms with van der Waals surface area (Å²) in [6, 6.07) is 9.71. The Labute approximate surface area is 139 Å². The van der Waals surface area contributed by atoms with Gasteiger partial charge in [0.2, 0.25) is 4.96 Å². The molecule has 0 amide bonds. The highest BCUT2D eigenvalue weighted by atomic mass is 32.1. The van der Waals surface area contributed by atoms with Crippen molar-refractivity contribution >= 4 is 22.0 Å². The lowest BCUT2D eigenvalue weighted by molar-refractivity contribution is -0.384. The van der Waals surface area contributed by atoms with Crippen LogP contribution in [0.15, 0.2) is 55.0 Å². The molecule has 0 aliphatic carbocycles. The van der Waals surface area contributed by atoms with Crippen molar-refractivity contribution in [3.63, 3.8) is 0 Å². The largest absolute Gasteiger partial charge is 0.430 e. The molecule has 0 spiro atoms. The molecule has 0 saturated carbocycles. The molecule has 3 aromatic heterocycles. The first kappa shape index (κ1) is 14.3. The van der Waals surface area contributed by atoms with Gasteiger partial charge in [0.1, 0.15) is 5.75 Å². The topological polar surface area (TPSA) is 95.5 Å². The number of rotatable bonds is 4. The second-order valence-electron chi connectivity index (χ2n) is 4.82. The third kappa shape index (κ3) is 2.68. The average Bonchev–Trinajstić information content (AvgIpc) is 3.14. The summed E-state index contributed by atoms with van der Waals surface area (Å²) in [5, 5.41) is 15.4. The second-order valence-corrected chi connectivity index (χ2v) is 5.74. The van der Waals surface area contributed by atoms with Crippen molar-refractivity contribution in [1.82, 2.24) is 19.6 Å². The molecule has 1 aromatic carbocycles. The molecule has 9 heteroatoms. The Bertz CT molecular complexity index is 996. The van der Waals surface area contributed by atoms with Crippen molar-refractivity contribution in [3.8, 4) is 22.2 Å². The molecule has 0 unspecified atom stereocenters. The third-order valence-electron chi connectivity index (χ3n) is 3.22. The van der Waals surface area contributed by atoms with Gasteiger partial charge in [-0.1, -0.05) is 6.07 Å². The standard InChI is InChI=1S/C15H9N5O3S/c21-20(22)11-4-1-5-12(7-11)23-15-18-19-9-13(17-14(19)24-15)10-3-2-6-16-8-10/h1-9H. The number of benzene rings is 1. The van der Waals surface area contributed by atoms with Crippen LogP contribution in [0, 0.1) is 10.1 Å². The van der Waals surface area contributed by atoms with E-state index in [4.69, 9.17) is 4.74 Å². The van der Waals surface area contributed by atoms with Crippen molar-refractivity contribution in [3.05, 3.63) is 65.1 Å². The van der Waals surface area contributed by atoms with Crippen LogP contribution in [0.25, 0.3) is 16.2 Å². The first-order valence-electron chi connectivity index (χ1n) is 6.88. The van der Waals surface area contributed by atoms with E-state index in [0.717, 1.165) is 11.3 Å². The maximum Gasteiger partial charge on any atom is 0.299 e. The van der Waals surface area contributed by atoms with E-state index in [1.807, 2.05) is 12.1 Å². The van der Waals surface area contributed by atoms with Crippen LogP contribution in [0.3, 0.4) is 0 Å². The third-order valence-corrected chi connectivity index (χ3v) is 4.02. The second kappa shape index (κ2) is 5.70. The molecule has 0 aliphatic heterocycles. The molecule has 24 heavy (non-hydrogen) atoms. The zero-order valence-corrected chi connectivity index (χ0v) is 12.9. The molecule has 0 bridgehead atoms. The van der Waals surface area contributed by atoms with Gasteiger partial charge in [0.25, 0.3) is 10.9 Å². The number of non-ortho nitro benzene ring substituents is 1. The van der Waals surface area contributed by atoms with Gasteiger partial charge >= 0.3 is 0 Å². The lowest BCUT2D eigenvalue weighted by Gasteiger charge is -2.00. The van der Waals surface area contributed by atoms with E-state index in [1.54, 1.807) is 35.2 Å². The SMILES string of the molecule is O=[N+]([O-])c1cccc(Oc2nn3cc(-c4cccnc4)nc3s2)c1. The van der Waals surface area contributed by atoms with Gasteiger partial charge in [-0.25, -0.2) is 9.50 Å². The summed E-state index contributed by atoms with van der Waals surface area (Å²) in [5.41, 5.74) is 1.63. The van der Waals surface area contributed by atoms with E-state index in [9.17, 15) is 10.1 Å². The quantitative estimate of drug-likeness (QED) is 0.417. The number of ether oxygens (including phenoxy) is 1. The highest BCUT2D eigenvalue weighted by Crippen LogP contribution is 2.30. The summed E-state index contributed by atoms with van der Waals surface area (Å²) >= 11 is 1.25. The van der Waals surface area contributed by atoms with Crippen LogP contribution < -0.4 is 4.74 Å². The van der Waals surface area contributed by atoms with Crippen LogP contribution in [-0.4, -0.2) is 24.5 Å². The Morgan fingerprint density at radius 2 is 2.17 bits per heavy atom. The van der Waals surface area contributed by atoms with Gasteiger partial charge in [-0.2, -0.15) is 0 Å². The van der Waals surface area contributed by atoms with Crippen LogP contribution in [0.5, 0.6) is 10.9 Å². The number of nitro groups is 1. The van der Waals surface area contributed by atoms with E-state index in [1.165, 1.54) is 23.5 Å². The summed E-state index contributed by atoms with van der Waals surface area (Å²) in [4.78, 5) is 19.5. The maximum atomic E-state index is 10.8. The number of aromatic nitrogens is 4. The van der Waals surface area contributed by atoms with Gasteiger partial charge in [0, 0.05) is 24.0 Å². The van der Waals surface area contributed by atoms with E-state index < -0.39 is 4.92 Å². The highest BCUT2D eigenvalue weighted by molar-refractivity contribution is 7.18. The number of nitrogens with zero attached hydrogens (tertiary/aromatic N) is 5. The fourth-order valence-electron chi connectivity index (χ4n) is 2.14. The Morgan fingerprint density at radius 1 is 1.25 bits per heavy atom. The van der Waals surface area contributed by atoms with E-state index in [0.29, 0.717) is 15.9 Å². The lowest BCUT2D eigenvalue weighted by Crippen LogP contribution is -1.90. The Balaban J connectivity index is 1.61. The Kier molecular flexibility index (Phi) is 3.39. The van der Waals surface area contributed by atoms with Crippen LogP contribution in [0.4, 0.5) is 5.69 Å². The van der Waals surface area contributed by atoms with Gasteiger partial charge in [0.15, 0.2) is 0 Å². The van der Waals surface area contributed by atoms with Crippen molar-refractivity contribution in [2.24, 2.45) is 0 Å². The summed E-state index contributed by atoms with van der Waals surface area (Å²) in [6.45, 7) is 0. The lowest BCUT2D eigenvalue weighted by atomic mass is 10.2. The van der Waals surface area contributed by atoms with Crippen LogP contribution in [0.2, 0.25) is 0 Å². The number of hydrogen-bond acceptors (Lipinski definition) is 7. The molecular formula is C15H9N5O3S. The van der Waals surface area contributed by atoms with Crippen molar-refractivity contribution in [2.75, 3.05) is 0 Å². The smallest absolute Gasteiger partial charge is 0.299 e. The fourth-order valence-corrected chi connectivity index (χ4v) is 2.89. The first-order valence-corrected chi connectivity index (χ1v) is 7.69. The van der Waals surface area contributed by atoms with E-state index in [2.05, 4.69) is 15.1 Å². The van der Waals surface area contributed by atoms with Crippen LogP contribution in [0.1, 0.15) is 0 Å². The maximum absolute atomic E-state index is 10.8. The van der Waals surface area contributed by atoms with Crippen LogP contribution >= 0.6 is 11.3 Å². The number of imidazole rings is 1. The molecule has 4 rings (SSSR count). The van der Waals surface area contributed by atoms with Gasteiger partial charge in [-0.3, -0.25) is 15.1 Å². The number of pyridine rings is 1. The van der Waals surface area contributed by atoms with E-state index >= 15 is 0 Å². The van der Waals surface area contributed by atoms with Gasteiger partial charge in [-0.15, -0.1) is 5.10 Å². The molecular weight excluding hydrogens is 330 g/mol. The minimum Gasteiger partial charge on any atom is -0.430 e. The fraction of sp³-hybridized carbons (Fsp3) is 0. The molecule has 0 aliphatic rings. The summed E-state index contributed by atoms with van der Waals surface area (Å²) in [5.74, 6) is 0.355. The zero-order valence-electron chi connectivity index (χ0n) is 12.1. The summed E-state index contributed by atoms with van der Waals surface area (Å²) in [6.07, 6.45) is 5.21. The Hall–Kier alpha value is -3.33. The van der Waals surface area contributed by atoms with Crippen LogP contribution in [-0.2, 0) is 0 Å².